The summed E-state index contributed by atoms with van der Waals surface area (Å²) >= 11 is 0. The molecule has 8 heteroatoms. The first-order valence-corrected chi connectivity index (χ1v) is 11.3. The topological polar surface area (TPSA) is 84.4 Å². The molecule has 2 heterocycles. The molecule has 1 fully saturated rings. The zero-order valence-electron chi connectivity index (χ0n) is 16.7. The van der Waals surface area contributed by atoms with Crippen molar-refractivity contribution in [2.75, 3.05) is 25.1 Å². The molecular formula is C22H24N4O3S. The number of nitrogens with one attached hydrogen (secondary N) is 1. The molecule has 1 saturated heterocycles. The molecule has 1 aromatic heterocycles. The summed E-state index contributed by atoms with van der Waals surface area (Å²) in [6.07, 6.45) is 6.48. The lowest BCUT2D eigenvalue weighted by atomic mass is 10.1. The molecular weight excluding hydrogens is 400 g/mol. The number of ether oxygens (including phenoxy) is 1. The number of hydrogen-bond donors (Lipinski definition) is 1. The van der Waals surface area contributed by atoms with Crippen molar-refractivity contribution in [1.29, 1.82) is 0 Å². The number of hydrogen-bond acceptors (Lipinski definition) is 6. The summed E-state index contributed by atoms with van der Waals surface area (Å²) in [6, 6.07) is 14.5. The highest BCUT2D eigenvalue weighted by Crippen LogP contribution is 2.25. The van der Waals surface area contributed by atoms with Crippen molar-refractivity contribution in [2.24, 2.45) is 0 Å². The maximum atomic E-state index is 12.8. The van der Waals surface area contributed by atoms with E-state index < -0.39 is 10.0 Å². The molecule has 0 bridgehead atoms. The molecule has 156 valence electrons. The highest BCUT2D eigenvalue weighted by molar-refractivity contribution is 7.89. The zero-order chi connectivity index (χ0) is 21.0. The van der Waals surface area contributed by atoms with Gasteiger partial charge in [0.2, 0.25) is 10.0 Å². The Hall–Kier alpha value is -2.97. The summed E-state index contributed by atoms with van der Waals surface area (Å²) in [5, 5.41) is 0. The number of piperidine rings is 1. The van der Waals surface area contributed by atoms with Gasteiger partial charge in [-0.05, 0) is 48.2 Å². The van der Waals surface area contributed by atoms with Gasteiger partial charge in [0.15, 0.2) is 0 Å². The molecule has 0 saturated carbocycles. The highest BCUT2D eigenvalue weighted by Gasteiger charge is 2.25. The van der Waals surface area contributed by atoms with Crippen molar-refractivity contribution in [3.63, 3.8) is 0 Å². The standard InChI is InChI=1S/C22H24N4O3S/c1-29-20-4-2-3-18(15-20)17-5-7-21(8-6-17)30(27,28)25-19-9-13-26(14-10-19)22-16-23-11-12-24-22/h2-8,11-12,15-16,19,25H,9-10,13-14H2,1H3. The van der Waals surface area contributed by atoms with E-state index in [2.05, 4.69) is 19.6 Å². The molecule has 7 nitrogen and oxygen atoms in total. The van der Waals surface area contributed by atoms with Gasteiger partial charge in [-0.25, -0.2) is 18.1 Å². The highest BCUT2D eigenvalue weighted by atomic mass is 32.2. The second kappa shape index (κ2) is 8.81. The molecule has 1 N–H and O–H groups in total. The van der Waals surface area contributed by atoms with Crippen LogP contribution >= 0.6 is 0 Å². The van der Waals surface area contributed by atoms with Crippen LogP contribution in [0.4, 0.5) is 5.82 Å². The van der Waals surface area contributed by atoms with Crippen LogP contribution in [0.1, 0.15) is 12.8 Å². The van der Waals surface area contributed by atoms with Crippen LogP contribution in [-0.2, 0) is 10.0 Å². The summed E-state index contributed by atoms with van der Waals surface area (Å²) < 4.78 is 33.8. The van der Waals surface area contributed by atoms with E-state index in [1.807, 2.05) is 36.4 Å². The third kappa shape index (κ3) is 4.60. The lowest BCUT2D eigenvalue weighted by Gasteiger charge is -2.32. The van der Waals surface area contributed by atoms with Crippen molar-refractivity contribution >= 4 is 15.8 Å². The van der Waals surface area contributed by atoms with Crippen LogP contribution in [0.25, 0.3) is 11.1 Å². The summed E-state index contributed by atoms with van der Waals surface area (Å²) in [5.41, 5.74) is 1.91. The molecule has 0 atom stereocenters. The smallest absolute Gasteiger partial charge is 0.240 e. The van der Waals surface area contributed by atoms with Gasteiger partial charge in [0.05, 0.1) is 18.2 Å². The van der Waals surface area contributed by atoms with Crippen LogP contribution in [0, 0.1) is 0 Å². The van der Waals surface area contributed by atoms with Gasteiger partial charge in [-0.3, -0.25) is 4.98 Å². The largest absolute Gasteiger partial charge is 0.497 e. The SMILES string of the molecule is COc1cccc(-c2ccc(S(=O)(=O)NC3CCN(c4cnccn4)CC3)cc2)c1. The summed E-state index contributed by atoms with van der Waals surface area (Å²) in [7, 11) is -1.95. The monoisotopic (exact) mass is 424 g/mol. The Bertz CT molecular complexity index is 1080. The van der Waals surface area contributed by atoms with Crippen molar-refractivity contribution < 1.29 is 13.2 Å². The normalized spacial score (nSPS) is 15.2. The first-order chi connectivity index (χ1) is 14.5. The molecule has 3 aromatic rings. The molecule has 1 aliphatic heterocycles. The van der Waals surface area contributed by atoms with Crippen LogP contribution in [0.5, 0.6) is 5.75 Å². The van der Waals surface area contributed by atoms with E-state index in [9.17, 15) is 8.42 Å². The molecule has 0 unspecified atom stereocenters. The van der Waals surface area contributed by atoms with E-state index in [1.165, 1.54) is 0 Å². The third-order valence-corrected chi connectivity index (χ3v) is 6.79. The maximum absolute atomic E-state index is 12.8. The second-order valence-electron chi connectivity index (χ2n) is 7.20. The average Bonchev–Trinajstić information content (AvgIpc) is 2.80. The third-order valence-electron chi connectivity index (χ3n) is 5.26. The Kier molecular flexibility index (Phi) is 5.96. The Morgan fingerprint density at radius 1 is 1.03 bits per heavy atom. The van der Waals surface area contributed by atoms with E-state index in [1.54, 1.807) is 37.8 Å². The quantitative estimate of drug-likeness (QED) is 0.655. The number of anilines is 1. The van der Waals surface area contributed by atoms with E-state index in [-0.39, 0.29) is 10.9 Å². The fourth-order valence-corrected chi connectivity index (χ4v) is 4.90. The van der Waals surface area contributed by atoms with Crippen LogP contribution in [0.2, 0.25) is 0 Å². The lowest BCUT2D eigenvalue weighted by molar-refractivity contribution is 0.415. The predicted octanol–water partition coefficient (Wildman–Crippen LogP) is 3.10. The molecule has 2 aromatic carbocycles. The molecule has 1 aliphatic rings. The van der Waals surface area contributed by atoms with Crippen LogP contribution in [0.15, 0.2) is 72.0 Å². The minimum absolute atomic E-state index is 0.0963. The summed E-state index contributed by atoms with van der Waals surface area (Å²) in [6.45, 7) is 1.47. The number of rotatable bonds is 6. The van der Waals surface area contributed by atoms with E-state index in [0.717, 1.165) is 48.6 Å². The number of sulfonamides is 1. The molecule has 30 heavy (non-hydrogen) atoms. The molecule has 4 rings (SSSR count). The minimum atomic E-state index is -3.57. The number of methoxy groups -OCH3 is 1. The van der Waals surface area contributed by atoms with Gasteiger partial charge in [0.1, 0.15) is 11.6 Å². The predicted molar refractivity (Wildman–Crippen MR) is 116 cm³/mol. The van der Waals surface area contributed by atoms with Crippen LogP contribution in [0.3, 0.4) is 0 Å². The first kappa shape index (κ1) is 20.3. The summed E-state index contributed by atoms with van der Waals surface area (Å²) in [5.74, 6) is 1.59. The van der Waals surface area contributed by atoms with E-state index in [4.69, 9.17) is 4.74 Å². The number of aromatic nitrogens is 2. The second-order valence-corrected chi connectivity index (χ2v) is 8.92. The number of nitrogens with zero attached hydrogens (tertiary/aromatic N) is 3. The van der Waals surface area contributed by atoms with Gasteiger partial charge in [-0.1, -0.05) is 24.3 Å². The van der Waals surface area contributed by atoms with Crippen molar-refractivity contribution in [3.05, 3.63) is 67.1 Å². The van der Waals surface area contributed by atoms with Gasteiger partial charge in [0, 0.05) is 31.5 Å². The average molecular weight is 425 g/mol. The molecule has 0 amide bonds. The van der Waals surface area contributed by atoms with E-state index >= 15 is 0 Å². The Balaban J connectivity index is 1.40. The van der Waals surface area contributed by atoms with Crippen molar-refractivity contribution in [1.82, 2.24) is 14.7 Å². The van der Waals surface area contributed by atoms with Gasteiger partial charge in [-0.2, -0.15) is 0 Å². The van der Waals surface area contributed by atoms with Gasteiger partial charge < -0.3 is 9.64 Å². The fourth-order valence-electron chi connectivity index (χ4n) is 3.60. The van der Waals surface area contributed by atoms with Crippen LogP contribution in [-0.4, -0.2) is 44.6 Å². The van der Waals surface area contributed by atoms with Crippen molar-refractivity contribution in [2.45, 2.75) is 23.8 Å². The van der Waals surface area contributed by atoms with Gasteiger partial charge in [0.25, 0.3) is 0 Å². The molecule has 0 spiro atoms. The first-order valence-electron chi connectivity index (χ1n) is 9.83. The molecule has 0 aliphatic carbocycles. The van der Waals surface area contributed by atoms with Crippen molar-refractivity contribution in [3.8, 4) is 16.9 Å². The maximum Gasteiger partial charge on any atom is 0.240 e. The number of benzene rings is 2. The Labute approximate surface area is 176 Å². The Morgan fingerprint density at radius 2 is 1.80 bits per heavy atom. The van der Waals surface area contributed by atoms with Gasteiger partial charge >= 0.3 is 0 Å². The molecule has 0 radical (unpaired) electrons. The van der Waals surface area contributed by atoms with Gasteiger partial charge in [-0.15, -0.1) is 0 Å². The Morgan fingerprint density at radius 3 is 2.47 bits per heavy atom. The van der Waals surface area contributed by atoms with Crippen LogP contribution < -0.4 is 14.4 Å². The minimum Gasteiger partial charge on any atom is -0.497 e. The zero-order valence-corrected chi connectivity index (χ0v) is 17.5. The lowest BCUT2D eigenvalue weighted by Crippen LogP contribution is -2.44. The summed E-state index contributed by atoms with van der Waals surface area (Å²) in [4.78, 5) is 10.8. The van der Waals surface area contributed by atoms with E-state index in [0.29, 0.717) is 0 Å². The fraction of sp³-hybridized carbons (Fsp3) is 0.273.